The van der Waals surface area contributed by atoms with Crippen molar-refractivity contribution >= 4 is 0 Å². The summed E-state index contributed by atoms with van der Waals surface area (Å²) in [5.41, 5.74) is 15.6. The minimum atomic E-state index is 0.619. The van der Waals surface area contributed by atoms with Gasteiger partial charge < -0.3 is 5.73 Å². The van der Waals surface area contributed by atoms with E-state index in [-0.39, 0.29) is 0 Å². The number of rotatable bonds is 9. The molecule has 1 heteroatoms. The van der Waals surface area contributed by atoms with Crippen molar-refractivity contribution in [1.29, 1.82) is 0 Å². The molecule has 3 aromatic rings. The first-order chi connectivity index (χ1) is 13.8. The van der Waals surface area contributed by atoms with E-state index >= 15 is 0 Å². The van der Waals surface area contributed by atoms with Gasteiger partial charge in [0.25, 0.3) is 0 Å². The second-order valence-electron chi connectivity index (χ2n) is 7.64. The first-order valence-electron chi connectivity index (χ1n) is 10.8. The maximum absolute atomic E-state index is 6.17. The number of hydrogen-bond donors (Lipinski definition) is 1. The molecule has 0 amide bonds. The van der Waals surface area contributed by atoms with Crippen LogP contribution in [0.2, 0.25) is 0 Å². The van der Waals surface area contributed by atoms with Gasteiger partial charge in [-0.2, -0.15) is 0 Å². The Labute approximate surface area is 170 Å². The van der Waals surface area contributed by atoms with Crippen LogP contribution in [0.5, 0.6) is 0 Å². The molecule has 0 saturated carbocycles. The average Bonchev–Trinajstić information content (AvgIpc) is 2.76. The van der Waals surface area contributed by atoms with Crippen LogP contribution in [-0.2, 0) is 19.4 Å². The summed E-state index contributed by atoms with van der Waals surface area (Å²) < 4.78 is 0. The smallest absolute Gasteiger partial charge is 0.0181 e. The number of hydrogen-bond acceptors (Lipinski definition) is 1. The molecule has 3 aromatic carbocycles. The zero-order chi connectivity index (χ0) is 19.8. The van der Waals surface area contributed by atoms with Gasteiger partial charge in [0, 0.05) is 6.54 Å². The summed E-state index contributed by atoms with van der Waals surface area (Å²) in [5.74, 6) is 0. The van der Waals surface area contributed by atoms with E-state index in [1.165, 1.54) is 64.6 Å². The first-order valence-corrected chi connectivity index (χ1v) is 10.8. The highest BCUT2D eigenvalue weighted by molar-refractivity contribution is 5.73. The lowest BCUT2D eigenvalue weighted by atomic mass is 9.88. The topological polar surface area (TPSA) is 26.0 Å². The van der Waals surface area contributed by atoms with Crippen LogP contribution in [0.4, 0.5) is 0 Å². The highest BCUT2D eigenvalue weighted by atomic mass is 14.5. The third kappa shape index (κ3) is 4.91. The van der Waals surface area contributed by atoms with Gasteiger partial charge in [0.15, 0.2) is 0 Å². The van der Waals surface area contributed by atoms with Crippen LogP contribution in [0, 0.1) is 0 Å². The molecule has 0 aliphatic carbocycles. The van der Waals surface area contributed by atoms with Crippen LogP contribution >= 0.6 is 0 Å². The molecule has 0 aliphatic heterocycles. The van der Waals surface area contributed by atoms with Gasteiger partial charge in [0.05, 0.1) is 0 Å². The van der Waals surface area contributed by atoms with Crippen molar-refractivity contribution in [3.8, 4) is 22.3 Å². The van der Waals surface area contributed by atoms with E-state index in [4.69, 9.17) is 5.73 Å². The highest BCUT2D eigenvalue weighted by Crippen LogP contribution is 2.32. The van der Waals surface area contributed by atoms with Crippen molar-refractivity contribution in [3.05, 3.63) is 83.4 Å². The highest BCUT2D eigenvalue weighted by Gasteiger charge is 2.12. The summed E-state index contributed by atoms with van der Waals surface area (Å²) in [5, 5.41) is 0. The molecule has 28 heavy (non-hydrogen) atoms. The minimum Gasteiger partial charge on any atom is -0.326 e. The van der Waals surface area contributed by atoms with E-state index in [9.17, 15) is 0 Å². The van der Waals surface area contributed by atoms with E-state index in [1.54, 1.807) is 0 Å². The molecule has 2 N–H and O–H groups in total. The molecule has 0 unspecified atom stereocenters. The molecular formula is C27H33N. The minimum absolute atomic E-state index is 0.619. The van der Waals surface area contributed by atoms with Crippen LogP contribution < -0.4 is 5.73 Å². The van der Waals surface area contributed by atoms with Crippen molar-refractivity contribution in [2.24, 2.45) is 5.73 Å². The summed E-state index contributed by atoms with van der Waals surface area (Å²) in [6.45, 7) is 5.13. The quantitative estimate of drug-likeness (QED) is 0.424. The molecule has 0 aromatic heterocycles. The largest absolute Gasteiger partial charge is 0.326 e. The Balaban J connectivity index is 2.02. The fourth-order valence-electron chi connectivity index (χ4n) is 3.88. The van der Waals surface area contributed by atoms with Crippen LogP contribution in [0.15, 0.2) is 66.7 Å². The van der Waals surface area contributed by atoms with E-state index in [0.717, 1.165) is 12.8 Å². The molecule has 0 spiro atoms. The Morgan fingerprint density at radius 2 is 1.29 bits per heavy atom. The van der Waals surface area contributed by atoms with Gasteiger partial charge in [-0.3, -0.25) is 0 Å². The van der Waals surface area contributed by atoms with Gasteiger partial charge in [0.1, 0.15) is 0 Å². The van der Waals surface area contributed by atoms with Crippen molar-refractivity contribution in [2.45, 2.75) is 58.9 Å². The number of benzene rings is 3. The van der Waals surface area contributed by atoms with Gasteiger partial charge in [-0.25, -0.2) is 0 Å². The van der Waals surface area contributed by atoms with Crippen molar-refractivity contribution in [3.63, 3.8) is 0 Å². The second-order valence-corrected chi connectivity index (χ2v) is 7.64. The molecule has 0 bridgehead atoms. The molecule has 0 radical (unpaired) electrons. The van der Waals surface area contributed by atoms with Gasteiger partial charge >= 0.3 is 0 Å². The van der Waals surface area contributed by atoms with E-state index in [0.29, 0.717) is 6.54 Å². The molecule has 3 rings (SSSR count). The summed E-state index contributed by atoms with van der Waals surface area (Å²) >= 11 is 0. The SMILES string of the molecule is CCCCc1cc(CN)c(CCCC)c(-c2ccc(-c3ccccc3)cc2)c1. The third-order valence-corrected chi connectivity index (χ3v) is 5.52. The summed E-state index contributed by atoms with van der Waals surface area (Å²) in [6.07, 6.45) is 7.09. The van der Waals surface area contributed by atoms with Crippen molar-refractivity contribution < 1.29 is 0 Å². The predicted molar refractivity (Wildman–Crippen MR) is 122 cm³/mol. The zero-order valence-electron chi connectivity index (χ0n) is 17.4. The lowest BCUT2D eigenvalue weighted by Gasteiger charge is -2.17. The van der Waals surface area contributed by atoms with E-state index < -0.39 is 0 Å². The van der Waals surface area contributed by atoms with E-state index in [2.05, 4.69) is 80.6 Å². The standard InChI is InChI=1S/C27H33N/c1-3-5-10-21-18-25(20-28)26(13-6-4-2)27(19-21)24-16-14-23(15-17-24)22-11-8-7-9-12-22/h7-9,11-12,14-19H,3-6,10,13,20,28H2,1-2H3. The summed E-state index contributed by atoms with van der Waals surface area (Å²) in [4.78, 5) is 0. The molecule has 0 fully saturated rings. The lowest BCUT2D eigenvalue weighted by molar-refractivity contribution is 0.778. The van der Waals surface area contributed by atoms with Gasteiger partial charge in [-0.1, -0.05) is 93.4 Å². The molecule has 1 nitrogen and oxygen atoms in total. The normalized spacial score (nSPS) is 11.0. The lowest BCUT2D eigenvalue weighted by Crippen LogP contribution is -2.05. The molecule has 0 saturated heterocycles. The van der Waals surface area contributed by atoms with Crippen LogP contribution in [-0.4, -0.2) is 0 Å². The van der Waals surface area contributed by atoms with Crippen LogP contribution in [0.3, 0.4) is 0 Å². The Morgan fingerprint density at radius 3 is 1.93 bits per heavy atom. The maximum atomic E-state index is 6.17. The first kappa shape index (κ1) is 20.4. The van der Waals surface area contributed by atoms with Crippen molar-refractivity contribution in [1.82, 2.24) is 0 Å². The summed E-state index contributed by atoms with van der Waals surface area (Å²) in [7, 11) is 0. The number of nitrogens with two attached hydrogens (primary N) is 1. The van der Waals surface area contributed by atoms with Crippen LogP contribution in [0.25, 0.3) is 22.3 Å². The zero-order valence-corrected chi connectivity index (χ0v) is 17.4. The molecule has 0 aliphatic rings. The monoisotopic (exact) mass is 371 g/mol. The van der Waals surface area contributed by atoms with Gasteiger partial charge in [-0.15, -0.1) is 0 Å². The fraction of sp³-hybridized carbons (Fsp3) is 0.333. The Kier molecular flexibility index (Phi) is 7.45. The molecule has 0 atom stereocenters. The van der Waals surface area contributed by atoms with Crippen LogP contribution in [0.1, 0.15) is 56.2 Å². The molecular weight excluding hydrogens is 338 g/mol. The third-order valence-electron chi connectivity index (χ3n) is 5.52. The predicted octanol–water partition coefficient (Wildman–Crippen LogP) is 7.16. The van der Waals surface area contributed by atoms with E-state index in [1.807, 2.05) is 0 Å². The Hall–Kier alpha value is -2.38. The van der Waals surface area contributed by atoms with Gasteiger partial charge in [-0.05, 0) is 64.6 Å². The second kappa shape index (κ2) is 10.2. The summed E-state index contributed by atoms with van der Waals surface area (Å²) in [6, 6.07) is 24.4. The maximum Gasteiger partial charge on any atom is 0.0181 e. The number of unbranched alkanes of at least 4 members (excludes halogenated alkanes) is 2. The molecule has 146 valence electrons. The van der Waals surface area contributed by atoms with Gasteiger partial charge in [0.2, 0.25) is 0 Å². The average molecular weight is 372 g/mol. The fourth-order valence-corrected chi connectivity index (χ4v) is 3.88. The Morgan fingerprint density at radius 1 is 0.679 bits per heavy atom. The molecule has 0 heterocycles. The Bertz CT molecular complexity index is 863. The number of aryl methyl sites for hydroxylation is 1. The van der Waals surface area contributed by atoms with Crippen molar-refractivity contribution in [2.75, 3.05) is 0 Å².